The molecular weight excluding hydrogens is 354 g/mol. The lowest BCUT2D eigenvalue weighted by Gasteiger charge is -2.32. The number of rotatable bonds is 1. The third-order valence-corrected chi connectivity index (χ3v) is 4.30. The van der Waals surface area contributed by atoms with Crippen LogP contribution in [0.4, 0.5) is 21.5 Å². The van der Waals surface area contributed by atoms with E-state index in [4.69, 9.17) is 5.73 Å². The van der Waals surface area contributed by atoms with Crippen molar-refractivity contribution in [3.05, 3.63) is 51.3 Å². The number of halogens is 2. The summed E-state index contributed by atoms with van der Waals surface area (Å²) in [5, 5.41) is 0. The van der Waals surface area contributed by atoms with Crippen molar-refractivity contribution in [3.8, 4) is 0 Å². The minimum Gasteiger partial charge on any atom is -0.397 e. The standard InChI is InChI=1S/C15H14FIN2/c16-11-8-15(13(18)9-12(11)17)19-7-3-5-10-4-1-2-6-14(10)19/h1-2,4,6,8-9H,3,5,7,18H2. The lowest BCUT2D eigenvalue weighted by Crippen LogP contribution is -2.25. The number of aryl methyl sites for hydroxylation is 1. The van der Waals surface area contributed by atoms with Crippen LogP contribution in [0.15, 0.2) is 36.4 Å². The summed E-state index contributed by atoms with van der Waals surface area (Å²) in [5.74, 6) is -0.215. The average Bonchev–Trinajstić information content (AvgIpc) is 2.42. The molecule has 2 aromatic rings. The van der Waals surface area contributed by atoms with Crippen LogP contribution in [0.2, 0.25) is 0 Å². The van der Waals surface area contributed by atoms with Crippen LogP contribution in [0.25, 0.3) is 0 Å². The monoisotopic (exact) mass is 368 g/mol. The Kier molecular flexibility index (Phi) is 3.35. The van der Waals surface area contributed by atoms with E-state index in [1.807, 2.05) is 34.7 Å². The average molecular weight is 368 g/mol. The maximum atomic E-state index is 13.8. The van der Waals surface area contributed by atoms with Crippen molar-refractivity contribution in [2.45, 2.75) is 12.8 Å². The van der Waals surface area contributed by atoms with Gasteiger partial charge in [-0.05, 0) is 53.1 Å². The Morgan fingerprint density at radius 3 is 2.79 bits per heavy atom. The molecule has 1 heterocycles. The van der Waals surface area contributed by atoms with Gasteiger partial charge < -0.3 is 10.6 Å². The zero-order valence-electron chi connectivity index (χ0n) is 10.4. The van der Waals surface area contributed by atoms with Gasteiger partial charge in [-0.25, -0.2) is 4.39 Å². The maximum absolute atomic E-state index is 13.8. The van der Waals surface area contributed by atoms with Gasteiger partial charge in [-0.3, -0.25) is 0 Å². The Hall–Kier alpha value is -1.30. The molecule has 1 aliphatic rings. The normalized spacial score (nSPS) is 14.3. The predicted molar refractivity (Wildman–Crippen MR) is 85.3 cm³/mol. The molecule has 2 aromatic carbocycles. The van der Waals surface area contributed by atoms with E-state index in [0.29, 0.717) is 9.26 Å². The van der Waals surface area contributed by atoms with Gasteiger partial charge in [-0.2, -0.15) is 0 Å². The highest BCUT2D eigenvalue weighted by molar-refractivity contribution is 14.1. The minimum atomic E-state index is -0.215. The Labute approximate surface area is 125 Å². The Balaban J connectivity index is 2.11. The van der Waals surface area contributed by atoms with Crippen molar-refractivity contribution < 1.29 is 4.39 Å². The van der Waals surface area contributed by atoms with Gasteiger partial charge in [0.2, 0.25) is 0 Å². The molecule has 1 aliphatic heterocycles. The molecule has 3 rings (SSSR count). The van der Waals surface area contributed by atoms with Crippen LogP contribution >= 0.6 is 22.6 Å². The second kappa shape index (κ2) is 5.00. The SMILES string of the molecule is Nc1cc(I)c(F)cc1N1CCCc2ccccc21. The molecule has 2 N–H and O–H groups in total. The molecule has 0 amide bonds. The Morgan fingerprint density at radius 1 is 1.16 bits per heavy atom. The molecule has 4 heteroatoms. The molecule has 0 saturated carbocycles. The van der Waals surface area contributed by atoms with Gasteiger partial charge in [0.05, 0.1) is 14.9 Å². The topological polar surface area (TPSA) is 29.3 Å². The van der Waals surface area contributed by atoms with E-state index in [0.717, 1.165) is 30.8 Å². The zero-order valence-corrected chi connectivity index (χ0v) is 12.5. The largest absolute Gasteiger partial charge is 0.397 e. The molecule has 0 aliphatic carbocycles. The molecule has 0 saturated heterocycles. The van der Waals surface area contributed by atoms with E-state index in [2.05, 4.69) is 17.0 Å². The van der Waals surface area contributed by atoms with Crippen LogP contribution in [0.1, 0.15) is 12.0 Å². The number of fused-ring (bicyclic) bond motifs is 1. The van der Waals surface area contributed by atoms with Gasteiger partial charge in [0.1, 0.15) is 5.82 Å². The minimum absolute atomic E-state index is 0.215. The van der Waals surface area contributed by atoms with E-state index in [1.165, 1.54) is 5.56 Å². The van der Waals surface area contributed by atoms with Gasteiger partial charge in [0, 0.05) is 18.3 Å². The number of nitrogens with zero attached hydrogens (tertiary/aromatic N) is 1. The zero-order chi connectivity index (χ0) is 13.4. The maximum Gasteiger partial charge on any atom is 0.138 e. The molecule has 2 nitrogen and oxygen atoms in total. The Bertz CT molecular complexity index is 628. The van der Waals surface area contributed by atoms with E-state index in [-0.39, 0.29) is 5.82 Å². The fourth-order valence-electron chi connectivity index (χ4n) is 2.57. The molecule has 98 valence electrons. The lowest BCUT2D eigenvalue weighted by molar-refractivity contribution is 0.619. The number of nitrogens with two attached hydrogens (primary N) is 1. The van der Waals surface area contributed by atoms with Crippen molar-refractivity contribution in [1.29, 1.82) is 0 Å². The van der Waals surface area contributed by atoms with Crippen molar-refractivity contribution in [2.24, 2.45) is 0 Å². The van der Waals surface area contributed by atoms with Crippen LogP contribution in [-0.4, -0.2) is 6.54 Å². The summed E-state index contributed by atoms with van der Waals surface area (Å²) >= 11 is 1.96. The third kappa shape index (κ3) is 2.29. The first-order chi connectivity index (χ1) is 9.16. The number of para-hydroxylation sites is 1. The van der Waals surface area contributed by atoms with Gasteiger partial charge in [-0.15, -0.1) is 0 Å². The second-order valence-electron chi connectivity index (χ2n) is 4.71. The molecule has 19 heavy (non-hydrogen) atoms. The molecule has 0 fully saturated rings. The molecule has 0 unspecified atom stereocenters. The summed E-state index contributed by atoms with van der Waals surface area (Å²) in [6.07, 6.45) is 2.13. The molecular formula is C15H14FIN2. The Morgan fingerprint density at radius 2 is 1.95 bits per heavy atom. The van der Waals surface area contributed by atoms with E-state index < -0.39 is 0 Å². The van der Waals surface area contributed by atoms with Crippen LogP contribution in [0.3, 0.4) is 0 Å². The number of anilines is 3. The summed E-state index contributed by atoms with van der Waals surface area (Å²) in [5.41, 5.74) is 9.90. The van der Waals surface area contributed by atoms with Gasteiger partial charge in [0.15, 0.2) is 0 Å². The summed E-state index contributed by atoms with van der Waals surface area (Å²) in [7, 11) is 0. The summed E-state index contributed by atoms with van der Waals surface area (Å²) < 4.78 is 14.4. The molecule has 0 bridgehead atoms. The molecule has 0 atom stereocenters. The van der Waals surface area contributed by atoms with Crippen molar-refractivity contribution >= 4 is 39.7 Å². The quantitative estimate of drug-likeness (QED) is 0.607. The van der Waals surface area contributed by atoms with Crippen LogP contribution in [0.5, 0.6) is 0 Å². The second-order valence-corrected chi connectivity index (χ2v) is 5.87. The van der Waals surface area contributed by atoms with Gasteiger partial charge in [-0.1, -0.05) is 18.2 Å². The highest BCUT2D eigenvalue weighted by Crippen LogP contribution is 2.37. The summed E-state index contributed by atoms with van der Waals surface area (Å²) in [6, 6.07) is 11.5. The predicted octanol–water partition coefficient (Wildman–Crippen LogP) is 4.10. The first-order valence-corrected chi connectivity index (χ1v) is 7.34. The van der Waals surface area contributed by atoms with Crippen LogP contribution < -0.4 is 10.6 Å². The van der Waals surface area contributed by atoms with Crippen LogP contribution in [-0.2, 0) is 6.42 Å². The molecule has 0 aromatic heterocycles. The van der Waals surface area contributed by atoms with Gasteiger partial charge in [0.25, 0.3) is 0 Å². The fourth-order valence-corrected chi connectivity index (χ4v) is 3.06. The first-order valence-electron chi connectivity index (χ1n) is 6.27. The highest BCUT2D eigenvalue weighted by atomic mass is 127. The van der Waals surface area contributed by atoms with E-state index >= 15 is 0 Å². The smallest absolute Gasteiger partial charge is 0.138 e. The van der Waals surface area contributed by atoms with Crippen LogP contribution in [0, 0.1) is 9.39 Å². The fraction of sp³-hybridized carbons (Fsp3) is 0.200. The van der Waals surface area contributed by atoms with E-state index in [9.17, 15) is 4.39 Å². The molecule has 0 radical (unpaired) electrons. The van der Waals surface area contributed by atoms with Crippen molar-refractivity contribution in [2.75, 3.05) is 17.2 Å². The summed E-state index contributed by atoms with van der Waals surface area (Å²) in [6.45, 7) is 0.876. The summed E-state index contributed by atoms with van der Waals surface area (Å²) in [4.78, 5) is 2.12. The number of hydrogen-bond donors (Lipinski definition) is 1. The number of hydrogen-bond acceptors (Lipinski definition) is 2. The third-order valence-electron chi connectivity index (χ3n) is 3.47. The number of benzene rings is 2. The first kappa shape index (κ1) is 12.7. The van der Waals surface area contributed by atoms with Crippen molar-refractivity contribution in [3.63, 3.8) is 0 Å². The van der Waals surface area contributed by atoms with Gasteiger partial charge >= 0.3 is 0 Å². The van der Waals surface area contributed by atoms with Crippen molar-refractivity contribution in [1.82, 2.24) is 0 Å². The highest BCUT2D eigenvalue weighted by Gasteiger charge is 2.20. The number of nitrogen functional groups attached to an aromatic ring is 1. The molecule has 0 spiro atoms. The van der Waals surface area contributed by atoms with E-state index in [1.54, 1.807) is 12.1 Å². The lowest BCUT2D eigenvalue weighted by atomic mass is 10.0.